The Labute approximate surface area is 117 Å². The minimum Gasteiger partial charge on any atom is -0.388 e. The number of halogens is 2. The van der Waals surface area contributed by atoms with E-state index in [0.717, 1.165) is 17.8 Å². The molecule has 0 aromatic heterocycles. The second kappa shape index (κ2) is 6.48. The summed E-state index contributed by atoms with van der Waals surface area (Å²) >= 11 is 0. The van der Waals surface area contributed by atoms with E-state index in [1.54, 1.807) is 0 Å². The van der Waals surface area contributed by atoms with Crippen molar-refractivity contribution in [2.24, 2.45) is 0 Å². The lowest BCUT2D eigenvalue weighted by Crippen LogP contribution is -2.20. The topological polar surface area (TPSA) is 23.5 Å². The van der Waals surface area contributed by atoms with Gasteiger partial charge in [0.25, 0.3) is 0 Å². The summed E-state index contributed by atoms with van der Waals surface area (Å²) < 4.78 is 25.9. The Hall–Kier alpha value is -1.94. The molecule has 2 aromatic carbocycles. The molecule has 0 aliphatic carbocycles. The standard InChI is InChI=1S/C16H17F2NO/c1-19(13-5-3-2-4-6-13)10-9-16(20)12-7-8-14(17)15(18)11-12/h2-8,11,16,20H,9-10H2,1H3. The molecule has 2 rings (SSSR count). The van der Waals surface area contributed by atoms with Gasteiger partial charge in [0, 0.05) is 19.3 Å². The minimum atomic E-state index is -0.932. The van der Waals surface area contributed by atoms with Crippen molar-refractivity contribution < 1.29 is 13.9 Å². The van der Waals surface area contributed by atoms with Crippen LogP contribution in [0.25, 0.3) is 0 Å². The highest BCUT2D eigenvalue weighted by Crippen LogP contribution is 2.20. The van der Waals surface area contributed by atoms with Gasteiger partial charge in [0.2, 0.25) is 0 Å². The van der Waals surface area contributed by atoms with Gasteiger partial charge in [0.05, 0.1) is 6.10 Å². The highest BCUT2D eigenvalue weighted by molar-refractivity contribution is 5.44. The van der Waals surface area contributed by atoms with Gasteiger partial charge in [0.15, 0.2) is 11.6 Å². The first kappa shape index (κ1) is 14.5. The molecule has 0 amide bonds. The van der Waals surface area contributed by atoms with E-state index in [1.165, 1.54) is 6.07 Å². The molecule has 0 saturated carbocycles. The van der Waals surface area contributed by atoms with Crippen molar-refractivity contribution >= 4 is 5.69 Å². The molecule has 20 heavy (non-hydrogen) atoms. The van der Waals surface area contributed by atoms with Crippen LogP contribution in [0.15, 0.2) is 48.5 Å². The summed E-state index contributed by atoms with van der Waals surface area (Å²) in [5.74, 6) is -1.83. The second-order valence-corrected chi connectivity index (χ2v) is 4.74. The van der Waals surface area contributed by atoms with Gasteiger partial charge in [-0.1, -0.05) is 24.3 Å². The van der Waals surface area contributed by atoms with Gasteiger partial charge >= 0.3 is 0 Å². The Kier molecular flexibility index (Phi) is 4.69. The highest BCUT2D eigenvalue weighted by Gasteiger charge is 2.12. The van der Waals surface area contributed by atoms with Crippen LogP contribution in [0, 0.1) is 11.6 Å². The zero-order valence-electron chi connectivity index (χ0n) is 11.3. The lowest BCUT2D eigenvalue weighted by molar-refractivity contribution is 0.169. The third-order valence-corrected chi connectivity index (χ3v) is 3.26. The summed E-state index contributed by atoms with van der Waals surface area (Å²) in [4.78, 5) is 2.00. The Morgan fingerprint density at radius 3 is 2.40 bits per heavy atom. The predicted octanol–water partition coefficient (Wildman–Crippen LogP) is 3.52. The van der Waals surface area contributed by atoms with Crippen molar-refractivity contribution in [2.75, 3.05) is 18.5 Å². The first-order valence-corrected chi connectivity index (χ1v) is 6.47. The molecule has 0 spiro atoms. The number of aliphatic hydroxyl groups is 1. The number of para-hydroxylation sites is 1. The summed E-state index contributed by atoms with van der Waals surface area (Å²) in [5, 5.41) is 10.0. The van der Waals surface area contributed by atoms with Gasteiger partial charge < -0.3 is 10.0 Å². The van der Waals surface area contributed by atoms with Crippen molar-refractivity contribution in [3.8, 4) is 0 Å². The average molecular weight is 277 g/mol. The number of benzene rings is 2. The van der Waals surface area contributed by atoms with Crippen LogP contribution in [-0.2, 0) is 0 Å². The zero-order chi connectivity index (χ0) is 14.5. The summed E-state index contributed by atoms with van der Waals surface area (Å²) in [7, 11) is 1.92. The van der Waals surface area contributed by atoms with Gasteiger partial charge in [-0.3, -0.25) is 0 Å². The van der Waals surface area contributed by atoms with E-state index < -0.39 is 17.7 Å². The Morgan fingerprint density at radius 2 is 1.75 bits per heavy atom. The summed E-state index contributed by atoms with van der Waals surface area (Å²) in [6, 6.07) is 13.3. The van der Waals surface area contributed by atoms with Crippen LogP contribution in [0.3, 0.4) is 0 Å². The van der Waals surface area contributed by atoms with Crippen molar-refractivity contribution in [2.45, 2.75) is 12.5 Å². The Balaban J connectivity index is 1.95. The fourth-order valence-corrected chi connectivity index (χ4v) is 2.01. The molecule has 2 nitrogen and oxygen atoms in total. The maximum absolute atomic E-state index is 13.1. The second-order valence-electron chi connectivity index (χ2n) is 4.74. The highest BCUT2D eigenvalue weighted by atomic mass is 19.2. The van der Waals surface area contributed by atoms with E-state index in [-0.39, 0.29) is 0 Å². The number of aliphatic hydroxyl groups excluding tert-OH is 1. The van der Waals surface area contributed by atoms with Crippen LogP contribution in [0.5, 0.6) is 0 Å². The van der Waals surface area contributed by atoms with E-state index >= 15 is 0 Å². The Morgan fingerprint density at radius 1 is 1.05 bits per heavy atom. The molecule has 0 bridgehead atoms. The first-order chi connectivity index (χ1) is 9.58. The van der Waals surface area contributed by atoms with Crippen LogP contribution in [0.1, 0.15) is 18.1 Å². The molecule has 1 N–H and O–H groups in total. The van der Waals surface area contributed by atoms with Gasteiger partial charge in [0.1, 0.15) is 0 Å². The van der Waals surface area contributed by atoms with Crippen molar-refractivity contribution in [1.29, 1.82) is 0 Å². The fraction of sp³-hybridized carbons (Fsp3) is 0.250. The molecule has 0 radical (unpaired) electrons. The number of anilines is 1. The van der Waals surface area contributed by atoms with Gasteiger partial charge in [-0.15, -0.1) is 0 Å². The lowest BCUT2D eigenvalue weighted by atomic mass is 10.1. The molecular formula is C16H17F2NO. The van der Waals surface area contributed by atoms with Crippen molar-refractivity contribution in [3.63, 3.8) is 0 Å². The zero-order valence-corrected chi connectivity index (χ0v) is 11.3. The van der Waals surface area contributed by atoms with E-state index in [2.05, 4.69) is 0 Å². The maximum Gasteiger partial charge on any atom is 0.159 e. The van der Waals surface area contributed by atoms with Crippen LogP contribution in [0.4, 0.5) is 14.5 Å². The molecule has 0 saturated heterocycles. The van der Waals surface area contributed by atoms with Crippen LogP contribution in [0.2, 0.25) is 0 Å². The predicted molar refractivity (Wildman–Crippen MR) is 75.6 cm³/mol. The van der Waals surface area contributed by atoms with Gasteiger partial charge in [-0.2, -0.15) is 0 Å². The molecule has 0 aliphatic rings. The number of rotatable bonds is 5. The van der Waals surface area contributed by atoms with Gasteiger partial charge in [-0.25, -0.2) is 8.78 Å². The van der Waals surface area contributed by atoms with Gasteiger partial charge in [-0.05, 0) is 36.2 Å². The van der Waals surface area contributed by atoms with E-state index in [4.69, 9.17) is 0 Å². The molecule has 106 valence electrons. The normalized spacial score (nSPS) is 12.2. The SMILES string of the molecule is CN(CCC(O)c1ccc(F)c(F)c1)c1ccccc1. The number of hydrogen-bond donors (Lipinski definition) is 1. The third-order valence-electron chi connectivity index (χ3n) is 3.26. The van der Waals surface area contributed by atoms with Crippen LogP contribution in [-0.4, -0.2) is 18.7 Å². The molecule has 4 heteroatoms. The van der Waals surface area contributed by atoms with E-state index in [1.807, 2.05) is 42.3 Å². The average Bonchev–Trinajstić information content (AvgIpc) is 2.48. The summed E-state index contributed by atoms with van der Waals surface area (Å²) in [6.07, 6.45) is -0.368. The summed E-state index contributed by atoms with van der Waals surface area (Å²) in [6.45, 7) is 0.615. The monoisotopic (exact) mass is 277 g/mol. The van der Waals surface area contributed by atoms with Crippen molar-refractivity contribution in [1.82, 2.24) is 0 Å². The molecule has 1 atom stereocenters. The largest absolute Gasteiger partial charge is 0.388 e. The Bertz CT molecular complexity index is 560. The van der Waals surface area contributed by atoms with Crippen molar-refractivity contribution in [3.05, 3.63) is 65.7 Å². The van der Waals surface area contributed by atoms with Crippen LogP contribution < -0.4 is 4.90 Å². The molecule has 0 aliphatic heterocycles. The quantitative estimate of drug-likeness (QED) is 0.903. The minimum absolute atomic E-state index is 0.394. The van der Waals surface area contributed by atoms with E-state index in [0.29, 0.717) is 18.5 Å². The molecular weight excluding hydrogens is 260 g/mol. The molecule has 0 fully saturated rings. The lowest BCUT2D eigenvalue weighted by Gasteiger charge is -2.21. The van der Waals surface area contributed by atoms with E-state index in [9.17, 15) is 13.9 Å². The third kappa shape index (κ3) is 3.54. The molecule has 0 heterocycles. The first-order valence-electron chi connectivity index (χ1n) is 6.47. The fourth-order valence-electron chi connectivity index (χ4n) is 2.01. The molecule has 1 unspecified atom stereocenters. The number of hydrogen-bond acceptors (Lipinski definition) is 2. The number of nitrogens with zero attached hydrogens (tertiary/aromatic N) is 1. The summed E-state index contributed by atoms with van der Waals surface area (Å²) in [5.41, 5.74) is 1.44. The maximum atomic E-state index is 13.1. The van der Waals surface area contributed by atoms with Crippen LogP contribution >= 0.6 is 0 Å². The molecule has 2 aromatic rings. The smallest absolute Gasteiger partial charge is 0.159 e.